The Bertz CT molecular complexity index is 717. The largest absolute Gasteiger partial charge is 0.383 e. The molecule has 122 valence electrons. The number of hydrogen-bond acceptors (Lipinski definition) is 5. The molecule has 0 radical (unpaired) electrons. The summed E-state index contributed by atoms with van der Waals surface area (Å²) in [4.78, 5) is 28.1. The van der Waals surface area contributed by atoms with Gasteiger partial charge in [-0.15, -0.1) is 0 Å². The highest BCUT2D eigenvalue weighted by Gasteiger charge is 2.42. The summed E-state index contributed by atoms with van der Waals surface area (Å²) in [7, 11) is 1.66. The number of aromatic amines is 1. The number of rotatable bonds is 4. The van der Waals surface area contributed by atoms with Crippen LogP contribution in [0.4, 0.5) is 10.6 Å². The van der Waals surface area contributed by atoms with Crippen LogP contribution >= 0.6 is 0 Å². The standard InChI is InChI=1S/C15H20N6O2/c1-23-7-6-21-12-3-5-20(8-11(12)19-15(21)22)14-10-2-4-16-13(10)17-9-18-14/h2,4,9,11-12H,3,5-8H2,1H3,(H,19,22)(H,16,17,18)/t11-,12+/m1/s1. The Kier molecular flexibility index (Phi) is 3.53. The Morgan fingerprint density at radius 2 is 2.35 bits per heavy atom. The van der Waals surface area contributed by atoms with Crippen LogP contribution in [-0.2, 0) is 4.74 Å². The number of H-pyrrole nitrogens is 1. The first-order chi connectivity index (χ1) is 11.3. The molecule has 2 fully saturated rings. The van der Waals surface area contributed by atoms with Crippen LogP contribution in [0.3, 0.4) is 0 Å². The topological polar surface area (TPSA) is 86.4 Å². The Morgan fingerprint density at radius 1 is 1.43 bits per heavy atom. The fraction of sp³-hybridized carbons (Fsp3) is 0.533. The van der Waals surface area contributed by atoms with E-state index >= 15 is 0 Å². The molecule has 2 aliphatic heterocycles. The number of ether oxygens (including phenoxy) is 1. The van der Waals surface area contributed by atoms with E-state index in [0.717, 1.165) is 36.4 Å². The van der Waals surface area contributed by atoms with Crippen molar-refractivity contribution in [1.82, 2.24) is 25.2 Å². The molecule has 0 aliphatic carbocycles. The second-order valence-corrected chi connectivity index (χ2v) is 5.98. The molecular weight excluding hydrogens is 296 g/mol. The third-order valence-corrected chi connectivity index (χ3v) is 4.72. The molecule has 2 saturated heterocycles. The Balaban J connectivity index is 1.54. The predicted octanol–water partition coefficient (Wildman–Crippen LogP) is 0.577. The van der Waals surface area contributed by atoms with Crippen molar-refractivity contribution in [3.05, 3.63) is 18.6 Å². The summed E-state index contributed by atoms with van der Waals surface area (Å²) < 4.78 is 5.11. The zero-order valence-electron chi connectivity index (χ0n) is 13.0. The molecule has 4 rings (SSSR count). The van der Waals surface area contributed by atoms with Crippen molar-refractivity contribution in [2.24, 2.45) is 0 Å². The molecule has 2 aromatic rings. The maximum absolute atomic E-state index is 12.2. The van der Waals surface area contributed by atoms with Gasteiger partial charge in [-0.2, -0.15) is 0 Å². The summed E-state index contributed by atoms with van der Waals surface area (Å²) in [5, 5.41) is 4.11. The van der Waals surface area contributed by atoms with Gasteiger partial charge < -0.3 is 24.8 Å². The lowest BCUT2D eigenvalue weighted by atomic mass is 10.00. The third-order valence-electron chi connectivity index (χ3n) is 4.72. The molecule has 23 heavy (non-hydrogen) atoms. The van der Waals surface area contributed by atoms with Crippen LogP contribution in [0.2, 0.25) is 0 Å². The number of aromatic nitrogens is 3. The van der Waals surface area contributed by atoms with E-state index in [9.17, 15) is 4.79 Å². The minimum absolute atomic E-state index is 0.00776. The second-order valence-electron chi connectivity index (χ2n) is 5.98. The third kappa shape index (κ3) is 2.39. The fourth-order valence-electron chi connectivity index (χ4n) is 3.61. The van der Waals surface area contributed by atoms with Crippen LogP contribution in [0.15, 0.2) is 18.6 Å². The molecular formula is C15H20N6O2. The molecule has 0 bridgehead atoms. The van der Waals surface area contributed by atoms with E-state index in [1.807, 2.05) is 17.2 Å². The summed E-state index contributed by atoms with van der Waals surface area (Å²) in [5.41, 5.74) is 0.842. The predicted molar refractivity (Wildman–Crippen MR) is 85.4 cm³/mol. The number of urea groups is 1. The molecule has 2 aromatic heterocycles. The van der Waals surface area contributed by atoms with E-state index in [2.05, 4.69) is 25.2 Å². The molecule has 0 spiro atoms. The minimum atomic E-state index is 0.00776. The summed E-state index contributed by atoms with van der Waals surface area (Å²) in [6, 6.07) is 2.36. The summed E-state index contributed by atoms with van der Waals surface area (Å²) >= 11 is 0. The van der Waals surface area contributed by atoms with Crippen molar-refractivity contribution in [3.8, 4) is 0 Å². The number of fused-ring (bicyclic) bond motifs is 2. The smallest absolute Gasteiger partial charge is 0.318 e. The zero-order valence-corrected chi connectivity index (χ0v) is 13.0. The van der Waals surface area contributed by atoms with Crippen molar-refractivity contribution >= 4 is 22.9 Å². The summed E-state index contributed by atoms with van der Waals surface area (Å²) in [5.74, 6) is 0.930. The second kappa shape index (κ2) is 5.69. The first-order valence-corrected chi connectivity index (χ1v) is 7.87. The molecule has 0 unspecified atom stereocenters. The van der Waals surface area contributed by atoms with Crippen LogP contribution in [0.25, 0.3) is 11.0 Å². The van der Waals surface area contributed by atoms with E-state index in [1.165, 1.54) is 0 Å². The highest BCUT2D eigenvalue weighted by molar-refractivity contribution is 5.87. The van der Waals surface area contributed by atoms with Crippen molar-refractivity contribution in [2.45, 2.75) is 18.5 Å². The number of carbonyl (C=O) groups excluding carboxylic acids is 1. The molecule has 4 heterocycles. The zero-order chi connectivity index (χ0) is 15.8. The maximum Gasteiger partial charge on any atom is 0.318 e. The molecule has 2 amide bonds. The van der Waals surface area contributed by atoms with Crippen molar-refractivity contribution in [1.29, 1.82) is 0 Å². The van der Waals surface area contributed by atoms with Gasteiger partial charge in [0.1, 0.15) is 17.8 Å². The van der Waals surface area contributed by atoms with Crippen LogP contribution in [0, 0.1) is 0 Å². The summed E-state index contributed by atoms with van der Waals surface area (Å²) in [6.45, 7) is 2.84. The molecule has 0 saturated carbocycles. The number of nitrogens with one attached hydrogen (secondary N) is 2. The Hall–Kier alpha value is -2.35. The highest BCUT2D eigenvalue weighted by Crippen LogP contribution is 2.28. The number of amides is 2. The number of nitrogens with zero attached hydrogens (tertiary/aromatic N) is 4. The van der Waals surface area contributed by atoms with Gasteiger partial charge in [-0.1, -0.05) is 0 Å². The van der Waals surface area contributed by atoms with Gasteiger partial charge in [-0.3, -0.25) is 0 Å². The van der Waals surface area contributed by atoms with E-state index in [4.69, 9.17) is 4.74 Å². The van der Waals surface area contributed by atoms with Gasteiger partial charge >= 0.3 is 6.03 Å². The van der Waals surface area contributed by atoms with Gasteiger partial charge in [0, 0.05) is 32.9 Å². The lowest BCUT2D eigenvalue weighted by Gasteiger charge is -2.37. The lowest BCUT2D eigenvalue weighted by molar-refractivity contribution is 0.140. The quantitative estimate of drug-likeness (QED) is 0.861. The molecule has 8 heteroatoms. The van der Waals surface area contributed by atoms with E-state index in [0.29, 0.717) is 13.2 Å². The number of anilines is 1. The average molecular weight is 316 g/mol. The Morgan fingerprint density at radius 3 is 3.22 bits per heavy atom. The van der Waals surface area contributed by atoms with Crippen LogP contribution in [0.5, 0.6) is 0 Å². The monoisotopic (exact) mass is 316 g/mol. The molecule has 8 nitrogen and oxygen atoms in total. The van der Waals surface area contributed by atoms with Gasteiger partial charge in [-0.05, 0) is 12.5 Å². The number of piperidine rings is 1. The van der Waals surface area contributed by atoms with Gasteiger partial charge in [0.05, 0.1) is 24.1 Å². The van der Waals surface area contributed by atoms with Crippen LogP contribution in [-0.4, -0.2) is 71.3 Å². The van der Waals surface area contributed by atoms with Gasteiger partial charge in [0.15, 0.2) is 0 Å². The van der Waals surface area contributed by atoms with E-state index in [1.54, 1.807) is 13.4 Å². The maximum atomic E-state index is 12.2. The van der Waals surface area contributed by atoms with Crippen molar-refractivity contribution in [2.75, 3.05) is 38.3 Å². The summed E-state index contributed by atoms with van der Waals surface area (Å²) in [6.07, 6.45) is 4.38. The van der Waals surface area contributed by atoms with Crippen LogP contribution in [0.1, 0.15) is 6.42 Å². The molecule has 0 aromatic carbocycles. The first-order valence-electron chi connectivity index (χ1n) is 7.87. The molecule has 2 aliphatic rings. The molecule has 2 atom stereocenters. The normalized spacial score (nSPS) is 24.1. The average Bonchev–Trinajstić information content (AvgIpc) is 3.15. The van der Waals surface area contributed by atoms with Crippen LogP contribution < -0.4 is 10.2 Å². The highest BCUT2D eigenvalue weighted by atomic mass is 16.5. The van der Waals surface area contributed by atoms with E-state index in [-0.39, 0.29) is 18.1 Å². The van der Waals surface area contributed by atoms with Crippen molar-refractivity contribution < 1.29 is 9.53 Å². The Labute approximate surface area is 133 Å². The number of carbonyl (C=O) groups is 1. The molecule has 2 N–H and O–H groups in total. The van der Waals surface area contributed by atoms with Gasteiger partial charge in [0.25, 0.3) is 0 Å². The van der Waals surface area contributed by atoms with Gasteiger partial charge in [0.2, 0.25) is 0 Å². The SMILES string of the molecule is COCCN1C(=O)N[C@@H]2CN(c3ncnc4[nH]ccc34)CC[C@@H]21. The number of hydrogen-bond donors (Lipinski definition) is 2. The fourth-order valence-corrected chi connectivity index (χ4v) is 3.61. The minimum Gasteiger partial charge on any atom is -0.383 e. The van der Waals surface area contributed by atoms with Crippen molar-refractivity contribution in [3.63, 3.8) is 0 Å². The van der Waals surface area contributed by atoms with Gasteiger partial charge in [-0.25, -0.2) is 14.8 Å². The first kappa shape index (κ1) is 14.3. The number of methoxy groups -OCH3 is 1. The lowest BCUT2D eigenvalue weighted by Crippen LogP contribution is -2.51. The van der Waals surface area contributed by atoms with E-state index < -0.39 is 0 Å².